The van der Waals surface area contributed by atoms with E-state index in [1.165, 1.54) is 54.5 Å². The first-order chi connectivity index (χ1) is 25.5. The zero-order valence-corrected chi connectivity index (χ0v) is 29.0. The van der Waals surface area contributed by atoms with E-state index in [9.17, 15) is 23.6 Å². The van der Waals surface area contributed by atoms with E-state index >= 15 is 4.39 Å². The number of hydrogen-bond acceptors (Lipinski definition) is 9. The van der Waals surface area contributed by atoms with Crippen molar-refractivity contribution in [3.63, 3.8) is 0 Å². The summed E-state index contributed by atoms with van der Waals surface area (Å²) >= 11 is 0. The summed E-state index contributed by atoms with van der Waals surface area (Å²) in [4.78, 5) is 65.3. The Balaban J connectivity index is 1.27. The van der Waals surface area contributed by atoms with Gasteiger partial charge in [-0.15, -0.1) is 0 Å². The molecule has 3 aromatic carbocycles. The lowest BCUT2D eigenvalue weighted by Crippen LogP contribution is -2.45. The molecular weight excluding hydrogens is 686 g/mol. The number of aryl methyl sites for hydroxylation is 2. The quantitative estimate of drug-likeness (QED) is 0.179. The molecule has 0 radical (unpaired) electrons. The SMILES string of the molecule is Cc1cc(N2CCOC[C@@H]2C)cc(F)c1C(=O)N[C@@H](Cc1ccc(-n2c(=O)c3ccncc3n(C)c2=O)c2ncccc12)C(=O)Oc1ccc(F)cc1. The standard InChI is InChI=1S/C39H34F2N6O6/c1-22-17-26(46-15-16-52-21-23(46)2)19-30(41)34(22)36(48)44-31(38(50)53-27-9-7-25(40)8-10-27)18-24-6-11-32(35-28(24)5-4-13-43-35)47-37(49)29-12-14-42-20-33(29)45(3)39(47)51/h4-14,17,19-20,23,31H,15-16,18,21H2,1-3H3,(H,44,48)/t23-,31-/m0/s1. The van der Waals surface area contributed by atoms with Gasteiger partial charge >= 0.3 is 11.7 Å². The Labute approximate surface area is 301 Å². The maximum atomic E-state index is 15.8. The van der Waals surface area contributed by atoms with Crippen molar-refractivity contribution in [2.45, 2.75) is 32.4 Å². The fraction of sp³-hybridized carbons (Fsp3) is 0.231. The highest BCUT2D eigenvalue weighted by atomic mass is 19.1. The molecule has 1 aliphatic rings. The molecule has 4 heterocycles. The first-order valence-electron chi connectivity index (χ1n) is 16.9. The summed E-state index contributed by atoms with van der Waals surface area (Å²) in [5.74, 6) is -3.00. The Hall–Kier alpha value is -6.28. The van der Waals surface area contributed by atoms with E-state index < -0.39 is 40.8 Å². The summed E-state index contributed by atoms with van der Waals surface area (Å²) in [5.41, 5.74) is 0.900. The molecule has 6 aromatic rings. The van der Waals surface area contributed by atoms with E-state index in [1.807, 2.05) is 11.8 Å². The maximum absolute atomic E-state index is 15.8. The van der Waals surface area contributed by atoms with Crippen molar-refractivity contribution in [1.29, 1.82) is 0 Å². The number of halogens is 2. The van der Waals surface area contributed by atoms with Gasteiger partial charge in [-0.2, -0.15) is 0 Å². The predicted molar refractivity (Wildman–Crippen MR) is 194 cm³/mol. The molecule has 3 aromatic heterocycles. The summed E-state index contributed by atoms with van der Waals surface area (Å²) in [7, 11) is 1.54. The smallest absolute Gasteiger partial charge is 0.335 e. The molecule has 0 spiro atoms. The van der Waals surface area contributed by atoms with Crippen LogP contribution in [0.5, 0.6) is 5.75 Å². The zero-order chi connectivity index (χ0) is 37.4. The van der Waals surface area contributed by atoms with Crippen molar-refractivity contribution in [1.82, 2.24) is 24.4 Å². The van der Waals surface area contributed by atoms with Gasteiger partial charge in [0.1, 0.15) is 23.4 Å². The Kier molecular flexibility index (Phi) is 9.54. The number of rotatable bonds is 8. The number of hydrogen-bond donors (Lipinski definition) is 1. The molecule has 270 valence electrons. The lowest BCUT2D eigenvalue weighted by molar-refractivity contribution is -0.136. The molecule has 7 rings (SSSR count). The van der Waals surface area contributed by atoms with Crippen molar-refractivity contribution in [3.05, 3.63) is 134 Å². The summed E-state index contributed by atoms with van der Waals surface area (Å²) < 4.78 is 42.8. The zero-order valence-electron chi connectivity index (χ0n) is 29.0. The van der Waals surface area contributed by atoms with Crippen molar-refractivity contribution in [2.75, 3.05) is 24.7 Å². The monoisotopic (exact) mass is 720 g/mol. The van der Waals surface area contributed by atoms with Crippen molar-refractivity contribution in [2.24, 2.45) is 7.05 Å². The summed E-state index contributed by atoms with van der Waals surface area (Å²) in [6.45, 7) is 5.12. The predicted octanol–water partition coefficient (Wildman–Crippen LogP) is 4.39. The topological polar surface area (TPSA) is 138 Å². The number of morpholine rings is 1. The van der Waals surface area contributed by atoms with Crippen LogP contribution in [-0.2, 0) is 23.0 Å². The second kappa shape index (κ2) is 14.4. The number of anilines is 1. The molecule has 0 aliphatic carbocycles. The van der Waals surface area contributed by atoms with Crippen LogP contribution in [0.1, 0.15) is 28.4 Å². The number of ether oxygens (including phenoxy) is 2. The third kappa shape index (κ3) is 6.76. The fourth-order valence-electron chi connectivity index (χ4n) is 6.71. The first-order valence-corrected chi connectivity index (χ1v) is 16.9. The van der Waals surface area contributed by atoms with E-state index in [1.54, 1.807) is 37.3 Å². The molecule has 1 saturated heterocycles. The van der Waals surface area contributed by atoms with Gasteiger partial charge in [-0.3, -0.25) is 24.1 Å². The van der Waals surface area contributed by atoms with Gasteiger partial charge in [0, 0.05) is 49.5 Å². The molecule has 53 heavy (non-hydrogen) atoms. The second-order valence-corrected chi connectivity index (χ2v) is 12.9. The van der Waals surface area contributed by atoms with E-state index in [0.29, 0.717) is 47.5 Å². The van der Waals surface area contributed by atoms with Gasteiger partial charge in [0.2, 0.25) is 0 Å². The fourth-order valence-corrected chi connectivity index (χ4v) is 6.71. The number of carbonyl (C=O) groups is 2. The Morgan fingerprint density at radius 2 is 1.83 bits per heavy atom. The number of fused-ring (bicyclic) bond motifs is 2. The third-order valence-corrected chi connectivity index (χ3v) is 9.40. The maximum Gasteiger partial charge on any atom is 0.335 e. The van der Waals surface area contributed by atoms with Crippen LogP contribution in [0.2, 0.25) is 0 Å². The summed E-state index contributed by atoms with van der Waals surface area (Å²) in [6, 6.07) is 14.5. The number of amides is 1. The van der Waals surface area contributed by atoms with E-state index in [-0.39, 0.29) is 40.4 Å². The normalized spacial score (nSPS) is 15.0. The van der Waals surface area contributed by atoms with Crippen LogP contribution >= 0.6 is 0 Å². The number of benzene rings is 3. The number of pyridine rings is 2. The summed E-state index contributed by atoms with van der Waals surface area (Å²) in [6.07, 6.45) is 4.25. The highest BCUT2D eigenvalue weighted by Crippen LogP contribution is 2.28. The number of carbonyl (C=O) groups excluding carboxylic acids is 2. The molecule has 12 nitrogen and oxygen atoms in total. The minimum Gasteiger partial charge on any atom is -0.425 e. The van der Waals surface area contributed by atoms with Crippen LogP contribution in [-0.4, -0.2) is 62.8 Å². The van der Waals surface area contributed by atoms with Gasteiger partial charge in [-0.05, 0) is 79.6 Å². The molecule has 1 amide bonds. The highest BCUT2D eigenvalue weighted by Gasteiger charge is 2.29. The van der Waals surface area contributed by atoms with Crippen LogP contribution < -0.4 is 26.2 Å². The molecule has 2 atom stereocenters. The van der Waals surface area contributed by atoms with Gasteiger partial charge in [0.15, 0.2) is 0 Å². The van der Waals surface area contributed by atoms with Gasteiger partial charge in [0.05, 0.1) is 47.1 Å². The molecule has 0 unspecified atom stereocenters. The lowest BCUT2D eigenvalue weighted by Gasteiger charge is -2.35. The minimum atomic E-state index is -1.37. The third-order valence-electron chi connectivity index (χ3n) is 9.40. The van der Waals surface area contributed by atoms with Gasteiger partial charge in [0.25, 0.3) is 11.5 Å². The average Bonchev–Trinajstić information content (AvgIpc) is 3.15. The van der Waals surface area contributed by atoms with Crippen molar-refractivity contribution >= 4 is 39.4 Å². The molecular formula is C39H34F2N6O6. The lowest BCUT2D eigenvalue weighted by atomic mass is 9.99. The molecule has 0 saturated carbocycles. The van der Waals surface area contributed by atoms with E-state index in [2.05, 4.69) is 15.3 Å². The first kappa shape index (κ1) is 35.1. The Bertz CT molecular complexity index is 2500. The molecule has 14 heteroatoms. The molecule has 1 fully saturated rings. The van der Waals surface area contributed by atoms with Crippen molar-refractivity contribution < 1.29 is 27.8 Å². The Morgan fingerprint density at radius 3 is 2.58 bits per heavy atom. The molecule has 1 aliphatic heterocycles. The largest absolute Gasteiger partial charge is 0.425 e. The highest BCUT2D eigenvalue weighted by molar-refractivity contribution is 5.99. The van der Waals surface area contributed by atoms with Crippen LogP contribution in [0.3, 0.4) is 0 Å². The molecule has 1 N–H and O–H groups in total. The van der Waals surface area contributed by atoms with Gasteiger partial charge < -0.3 is 19.7 Å². The minimum absolute atomic E-state index is 0.00344. The van der Waals surface area contributed by atoms with Crippen LogP contribution in [0.25, 0.3) is 27.5 Å². The number of nitrogens with zero attached hydrogens (tertiary/aromatic N) is 5. The van der Waals surface area contributed by atoms with E-state index in [4.69, 9.17) is 9.47 Å². The van der Waals surface area contributed by atoms with Gasteiger partial charge in [-0.25, -0.2) is 22.9 Å². The van der Waals surface area contributed by atoms with Crippen molar-refractivity contribution in [3.8, 4) is 11.4 Å². The second-order valence-electron chi connectivity index (χ2n) is 12.9. The Morgan fingerprint density at radius 1 is 1.04 bits per heavy atom. The number of aromatic nitrogens is 4. The average molecular weight is 721 g/mol. The van der Waals surface area contributed by atoms with Crippen LogP contribution in [0.15, 0.2) is 94.9 Å². The van der Waals surface area contributed by atoms with E-state index in [0.717, 1.165) is 16.7 Å². The number of nitrogens with one attached hydrogen (secondary N) is 1. The van der Waals surface area contributed by atoms with Crippen LogP contribution in [0.4, 0.5) is 14.5 Å². The van der Waals surface area contributed by atoms with Gasteiger partial charge in [-0.1, -0.05) is 12.1 Å². The molecule has 0 bridgehead atoms. The number of esters is 1. The summed E-state index contributed by atoms with van der Waals surface area (Å²) in [5, 5.41) is 3.42. The van der Waals surface area contributed by atoms with Crippen LogP contribution in [0, 0.1) is 18.6 Å².